The van der Waals surface area contributed by atoms with E-state index in [0.29, 0.717) is 12.8 Å². The van der Waals surface area contributed by atoms with Gasteiger partial charge in [0.15, 0.2) is 0 Å². The maximum atomic E-state index is 12.3. The van der Waals surface area contributed by atoms with Crippen LogP contribution in [0.15, 0.2) is 24.3 Å². The number of nitrogens with one attached hydrogen (secondary N) is 2. The van der Waals surface area contributed by atoms with Crippen LogP contribution in [-0.4, -0.2) is 21.6 Å². The summed E-state index contributed by atoms with van der Waals surface area (Å²) in [5.41, 5.74) is 5.06. The van der Waals surface area contributed by atoms with Crippen molar-refractivity contribution >= 4 is 17.5 Å². The lowest BCUT2D eigenvalue weighted by Gasteiger charge is -2.15. The van der Waals surface area contributed by atoms with Gasteiger partial charge in [0.25, 0.3) is 0 Å². The number of carbonyl (C=O) groups excluding carboxylic acids is 2. The molecule has 6 nitrogen and oxygen atoms in total. The maximum absolute atomic E-state index is 12.3. The fraction of sp³-hybridized carbons (Fsp3) is 0.476. The standard InChI is InChI=1S/C21H28N4O2/c1-13(16-7-9-18(10-8-16)23-21(27)17-5-6-17)22-20(26)12-11-19-14(2)24-25(4)15(19)3/h7-10,13,17H,5-6,11-12H2,1-4H3,(H,22,26)(H,23,27). The third-order valence-electron chi connectivity index (χ3n) is 5.26. The number of hydrogen-bond donors (Lipinski definition) is 2. The molecule has 1 fully saturated rings. The quantitative estimate of drug-likeness (QED) is 0.788. The van der Waals surface area contributed by atoms with Crippen LogP contribution in [0.5, 0.6) is 0 Å². The van der Waals surface area contributed by atoms with Gasteiger partial charge in [0.05, 0.1) is 11.7 Å². The highest BCUT2D eigenvalue weighted by atomic mass is 16.2. The summed E-state index contributed by atoms with van der Waals surface area (Å²) in [4.78, 5) is 24.1. The van der Waals surface area contributed by atoms with Crippen LogP contribution in [0.3, 0.4) is 0 Å². The second-order valence-electron chi connectivity index (χ2n) is 7.45. The van der Waals surface area contributed by atoms with Crippen molar-refractivity contribution < 1.29 is 9.59 Å². The Hall–Kier alpha value is -2.63. The van der Waals surface area contributed by atoms with Crippen LogP contribution in [0.4, 0.5) is 5.69 Å². The van der Waals surface area contributed by atoms with Crippen molar-refractivity contribution in [1.82, 2.24) is 15.1 Å². The van der Waals surface area contributed by atoms with Gasteiger partial charge in [-0.15, -0.1) is 0 Å². The van der Waals surface area contributed by atoms with Crippen LogP contribution in [0, 0.1) is 19.8 Å². The number of aromatic nitrogens is 2. The van der Waals surface area contributed by atoms with Crippen molar-refractivity contribution in [3.05, 3.63) is 46.8 Å². The summed E-state index contributed by atoms with van der Waals surface area (Å²) >= 11 is 0. The number of aryl methyl sites for hydroxylation is 2. The number of rotatable bonds is 7. The molecule has 1 unspecified atom stereocenters. The van der Waals surface area contributed by atoms with E-state index in [1.807, 2.05) is 56.8 Å². The molecule has 3 rings (SSSR count). The molecule has 2 aromatic rings. The molecule has 6 heteroatoms. The van der Waals surface area contributed by atoms with Crippen LogP contribution in [0.25, 0.3) is 0 Å². The zero-order valence-corrected chi connectivity index (χ0v) is 16.5. The van der Waals surface area contributed by atoms with Gasteiger partial charge in [-0.3, -0.25) is 14.3 Å². The minimum atomic E-state index is -0.0817. The molecule has 2 amide bonds. The van der Waals surface area contributed by atoms with Crippen LogP contribution < -0.4 is 10.6 Å². The van der Waals surface area contributed by atoms with Gasteiger partial charge in [-0.25, -0.2) is 0 Å². The third kappa shape index (κ3) is 4.76. The smallest absolute Gasteiger partial charge is 0.227 e. The molecule has 2 N–H and O–H groups in total. The van der Waals surface area contributed by atoms with E-state index in [1.54, 1.807) is 0 Å². The molecule has 1 saturated carbocycles. The first-order chi connectivity index (χ1) is 12.8. The first kappa shape index (κ1) is 19.1. The normalized spacial score (nSPS) is 14.7. The number of nitrogens with zero attached hydrogens (tertiary/aromatic N) is 2. The van der Waals surface area contributed by atoms with Crippen LogP contribution in [0.1, 0.15) is 54.7 Å². The summed E-state index contributed by atoms with van der Waals surface area (Å²) in [7, 11) is 1.92. The number of benzene rings is 1. The Morgan fingerprint density at radius 3 is 2.44 bits per heavy atom. The molecule has 1 atom stereocenters. The van der Waals surface area contributed by atoms with Crippen molar-refractivity contribution in [3.8, 4) is 0 Å². The van der Waals surface area contributed by atoms with Gasteiger partial charge in [-0.05, 0) is 63.3 Å². The SMILES string of the molecule is Cc1nn(C)c(C)c1CCC(=O)NC(C)c1ccc(NC(=O)C2CC2)cc1. The van der Waals surface area contributed by atoms with E-state index in [2.05, 4.69) is 15.7 Å². The van der Waals surface area contributed by atoms with Crippen molar-refractivity contribution in [2.24, 2.45) is 13.0 Å². The first-order valence-electron chi connectivity index (χ1n) is 9.54. The fourth-order valence-corrected chi connectivity index (χ4v) is 3.26. The van der Waals surface area contributed by atoms with Gasteiger partial charge < -0.3 is 10.6 Å². The molecule has 1 aliphatic carbocycles. The molecule has 1 aromatic carbocycles. The lowest BCUT2D eigenvalue weighted by atomic mass is 10.1. The highest BCUT2D eigenvalue weighted by Crippen LogP contribution is 2.30. The zero-order valence-electron chi connectivity index (χ0n) is 16.5. The largest absolute Gasteiger partial charge is 0.350 e. The molecule has 0 aliphatic heterocycles. The van der Waals surface area contributed by atoms with Crippen molar-refractivity contribution in [2.45, 2.75) is 52.5 Å². The molecule has 0 spiro atoms. The van der Waals surface area contributed by atoms with Gasteiger partial charge in [0.2, 0.25) is 11.8 Å². The number of amides is 2. The summed E-state index contributed by atoms with van der Waals surface area (Å²) in [6.07, 6.45) is 3.11. The van der Waals surface area contributed by atoms with E-state index < -0.39 is 0 Å². The second-order valence-corrected chi connectivity index (χ2v) is 7.45. The topological polar surface area (TPSA) is 76.0 Å². The Labute approximate surface area is 160 Å². The highest BCUT2D eigenvalue weighted by Gasteiger charge is 2.29. The molecular weight excluding hydrogens is 340 g/mol. The molecule has 1 heterocycles. The Balaban J connectivity index is 1.50. The summed E-state index contributed by atoms with van der Waals surface area (Å²) in [6, 6.07) is 7.59. The monoisotopic (exact) mass is 368 g/mol. The van der Waals surface area contributed by atoms with Gasteiger partial charge in [0.1, 0.15) is 0 Å². The average molecular weight is 368 g/mol. The highest BCUT2D eigenvalue weighted by molar-refractivity contribution is 5.94. The minimum absolute atomic E-state index is 0.0243. The molecule has 1 aliphatic rings. The minimum Gasteiger partial charge on any atom is -0.350 e. The number of hydrogen-bond acceptors (Lipinski definition) is 3. The third-order valence-corrected chi connectivity index (χ3v) is 5.26. The molecule has 144 valence electrons. The maximum Gasteiger partial charge on any atom is 0.227 e. The van der Waals surface area contributed by atoms with E-state index in [-0.39, 0.29) is 23.8 Å². The van der Waals surface area contributed by atoms with Crippen LogP contribution in [0.2, 0.25) is 0 Å². The zero-order chi connectivity index (χ0) is 19.6. The van der Waals surface area contributed by atoms with Crippen molar-refractivity contribution in [3.63, 3.8) is 0 Å². The molecule has 0 saturated heterocycles. The summed E-state index contributed by atoms with van der Waals surface area (Å²) < 4.78 is 1.86. The van der Waals surface area contributed by atoms with E-state index in [0.717, 1.165) is 41.0 Å². The van der Waals surface area contributed by atoms with Gasteiger partial charge in [0, 0.05) is 30.8 Å². The van der Waals surface area contributed by atoms with Crippen molar-refractivity contribution in [1.29, 1.82) is 0 Å². The Morgan fingerprint density at radius 1 is 1.22 bits per heavy atom. The van der Waals surface area contributed by atoms with Gasteiger partial charge >= 0.3 is 0 Å². The Bertz CT molecular complexity index is 835. The van der Waals surface area contributed by atoms with Gasteiger partial charge in [-0.1, -0.05) is 12.1 Å². The Kier molecular flexibility index (Phi) is 5.63. The fourth-order valence-electron chi connectivity index (χ4n) is 3.26. The first-order valence-corrected chi connectivity index (χ1v) is 9.54. The van der Waals surface area contributed by atoms with Crippen LogP contribution >= 0.6 is 0 Å². The van der Waals surface area contributed by atoms with Gasteiger partial charge in [-0.2, -0.15) is 5.10 Å². The summed E-state index contributed by atoms with van der Waals surface area (Å²) in [6.45, 7) is 5.97. The van der Waals surface area contributed by atoms with E-state index in [1.165, 1.54) is 0 Å². The Morgan fingerprint density at radius 2 is 1.89 bits per heavy atom. The molecule has 27 heavy (non-hydrogen) atoms. The van der Waals surface area contributed by atoms with E-state index in [9.17, 15) is 9.59 Å². The molecule has 1 aromatic heterocycles. The summed E-state index contributed by atoms with van der Waals surface area (Å²) in [5, 5.41) is 10.4. The molecule has 0 bridgehead atoms. The lowest BCUT2D eigenvalue weighted by Crippen LogP contribution is -2.27. The molecule has 0 radical (unpaired) electrons. The second kappa shape index (κ2) is 7.94. The predicted octanol–water partition coefficient (Wildman–Crippen LogP) is 3.20. The van der Waals surface area contributed by atoms with Crippen molar-refractivity contribution in [2.75, 3.05) is 5.32 Å². The predicted molar refractivity (Wildman–Crippen MR) is 105 cm³/mol. The summed E-state index contributed by atoms with van der Waals surface area (Å²) in [5.74, 6) is 0.316. The number of carbonyl (C=O) groups is 2. The number of anilines is 1. The van der Waals surface area contributed by atoms with E-state index in [4.69, 9.17) is 0 Å². The van der Waals surface area contributed by atoms with Crippen LogP contribution in [-0.2, 0) is 23.1 Å². The van der Waals surface area contributed by atoms with E-state index >= 15 is 0 Å². The average Bonchev–Trinajstić information content (AvgIpc) is 3.43. The lowest BCUT2D eigenvalue weighted by molar-refractivity contribution is -0.121. The molecular formula is C21H28N4O2.